The van der Waals surface area contributed by atoms with Crippen LogP contribution in [0, 0.1) is 5.82 Å². The van der Waals surface area contributed by atoms with Crippen LogP contribution in [0.1, 0.15) is 11.1 Å². The van der Waals surface area contributed by atoms with Crippen LogP contribution in [0.3, 0.4) is 0 Å². The van der Waals surface area contributed by atoms with Crippen LogP contribution in [0.2, 0.25) is 0 Å². The van der Waals surface area contributed by atoms with Gasteiger partial charge in [-0.25, -0.2) is 4.39 Å². The Hall–Kier alpha value is -2.33. The number of hydrogen-bond donors (Lipinski definition) is 1. The molecule has 0 fully saturated rings. The van der Waals surface area contributed by atoms with Gasteiger partial charge < -0.3 is 5.32 Å². The van der Waals surface area contributed by atoms with Crippen molar-refractivity contribution in [1.29, 1.82) is 0 Å². The molecule has 0 spiro atoms. The number of thioether (sulfide) groups is 1. The van der Waals surface area contributed by atoms with Crippen LogP contribution >= 0.6 is 11.8 Å². The second kappa shape index (κ2) is 6.29. The van der Waals surface area contributed by atoms with Gasteiger partial charge in [-0.2, -0.15) is 0 Å². The van der Waals surface area contributed by atoms with Gasteiger partial charge in [0.25, 0.3) is 0 Å². The quantitative estimate of drug-likeness (QED) is 0.692. The second-order valence-corrected chi connectivity index (χ2v) is 6.95. The fraction of sp³-hybridized carbons (Fsp3) is 0.150. The minimum atomic E-state index is -0.267. The van der Waals surface area contributed by atoms with Gasteiger partial charge in [0.2, 0.25) is 5.91 Å². The van der Waals surface area contributed by atoms with Gasteiger partial charge in [-0.05, 0) is 59.7 Å². The second-order valence-electron chi connectivity index (χ2n) is 5.90. The number of anilines is 1. The van der Waals surface area contributed by atoms with Crippen molar-refractivity contribution in [2.45, 2.75) is 17.7 Å². The molecule has 0 aliphatic heterocycles. The summed E-state index contributed by atoms with van der Waals surface area (Å²) in [6.07, 6.45) is 2.15. The van der Waals surface area contributed by atoms with Crippen molar-refractivity contribution in [2.24, 2.45) is 0 Å². The molecule has 1 N–H and O–H groups in total. The fourth-order valence-electron chi connectivity index (χ4n) is 3.22. The van der Waals surface area contributed by atoms with Crippen LogP contribution < -0.4 is 5.32 Å². The first kappa shape index (κ1) is 15.2. The molecule has 4 heteroatoms. The number of nitrogens with one attached hydrogen (secondary N) is 1. The zero-order valence-corrected chi connectivity index (χ0v) is 13.8. The summed E-state index contributed by atoms with van der Waals surface area (Å²) in [4.78, 5) is 13.2. The molecule has 3 aromatic rings. The third-order valence-corrected chi connectivity index (χ3v) is 5.35. The van der Waals surface area contributed by atoms with Gasteiger partial charge in [0.05, 0.1) is 5.75 Å². The first-order valence-electron chi connectivity index (χ1n) is 7.92. The number of carbonyl (C=O) groups excluding carboxylic acids is 1. The number of amides is 1. The van der Waals surface area contributed by atoms with Crippen LogP contribution in [0.15, 0.2) is 59.5 Å². The van der Waals surface area contributed by atoms with Crippen molar-refractivity contribution in [3.63, 3.8) is 0 Å². The minimum absolute atomic E-state index is 0.0528. The normalized spacial score (nSPS) is 12.5. The predicted molar refractivity (Wildman–Crippen MR) is 97.1 cm³/mol. The van der Waals surface area contributed by atoms with E-state index in [1.807, 2.05) is 6.07 Å². The van der Waals surface area contributed by atoms with Crippen LogP contribution in [0.5, 0.6) is 0 Å². The smallest absolute Gasteiger partial charge is 0.234 e. The van der Waals surface area contributed by atoms with Gasteiger partial charge in [-0.3, -0.25) is 4.79 Å². The molecule has 0 heterocycles. The molecular formula is C20H16FNOS. The van der Waals surface area contributed by atoms with Gasteiger partial charge in [0, 0.05) is 16.0 Å². The minimum Gasteiger partial charge on any atom is -0.325 e. The zero-order valence-electron chi connectivity index (χ0n) is 13.0. The summed E-state index contributed by atoms with van der Waals surface area (Å²) in [5, 5.41) is 5.42. The highest BCUT2D eigenvalue weighted by atomic mass is 32.2. The molecule has 4 rings (SSSR count). The first-order valence-corrected chi connectivity index (χ1v) is 8.91. The Morgan fingerprint density at radius 2 is 1.75 bits per heavy atom. The summed E-state index contributed by atoms with van der Waals surface area (Å²) >= 11 is 1.40. The highest BCUT2D eigenvalue weighted by Crippen LogP contribution is 2.35. The third kappa shape index (κ3) is 2.89. The topological polar surface area (TPSA) is 29.1 Å². The van der Waals surface area contributed by atoms with E-state index in [9.17, 15) is 9.18 Å². The molecule has 1 amide bonds. The Morgan fingerprint density at radius 3 is 2.54 bits per heavy atom. The van der Waals surface area contributed by atoms with E-state index in [0.717, 1.165) is 28.8 Å². The van der Waals surface area contributed by atoms with Crippen molar-refractivity contribution in [3.05, 3.63) is 71.5 Å². The van der Waals surface area contributed by atoms with E-state index >= 15 is 0 Å². The van der Waals surface area contributed by atoms with E-state index in [1.54, 1.807) is 12.1 Å². The Labute approximate surface area is 144 Å². The number of hydrogen-bond acceptors (Lipinski definition) is 2. The zero-order chi connectivity index (χ0) is 16.5. The van der Waals surface area contributed by atoms with Gasteiger partial charge >= 0.3 is 0 Å². The molecule has 0 saturated heterocycles. The average molecular weight is 337 g/mol. The SMILES string of the molecule is O=C(CSc1ccc(F)cc1)Nc1ccc2c3c(cccc13)CC2. The maximum Gasteiger partial charge on any atom is 0.234 e. The van der Waals surface area contributed by atoms with Gasteiger partial charge in [0.1, 0.15) is 5.82 Å². The molecule has 0 atom stereocenters. The average Bonchev–Trinajstić information content (AvgIpc) is 3.02. The lowest BCUT2D eigenvalue weighted by Gasteiger charge is -2.10. The number of aryl methyl sites for hydroxylation is 2. The molecule has 120 valence electrons. The lowest BCUT2D eigenvalue weighted by Crippen LogP contribution is -2.14. The van der Waals surface area contributed by atoms with Crippen LogP contribution in [-0.2, 0) is 17.6 Å². The van der Waals surface area contributed by atoms with Crippen LogP contribution in [0.4, 0.5) is 10.1 Å². The summed E-state index contributed by atoms with van der Waals surface area (Å²) < 4.78 is 12.9. The molecule has 1 aliphatic carbocycles. The lowest BCUT2D eigenvalue weighted by atomic mass is 10.0. The van der Waals surface area contributed by atoms with Crippen molar-refractivity contribution >= 4 is 34.1 Å². The predicted octanol–water partition coefficient (Wildman–Crippen LogP) is 4.81. The van der Waals surface area contributed by atoms with E-state index < -0.39 is 0 Å². The number of carbonyl (C=O) groups is 1. The molecule has 2 nitrogen and oxygen atoms in total. The van der Waals surface area contributed by atoms with E-state index in [1.165, 1.54) is 40.4 Å². The summed E-state index contributed by atoms with van der Waals surface area (Å²) in [5.41, 5.74) is 3.58. The standard InChI is InChI=1S/C20H16FNOS/c21-15-7-9-16(10-8-15)24-12-19(23)22-18-11-6-14-5-4-13-2-1-3-17(18)20(13)14/h1-3,6-11H,4-5,12H2,(H,22,23). The number of benzene rings is 3. The highest BCUT2D eigenvalue weighted by molar-refractivity contribution is 8.00. The van der Waals surface area contributed by atoms with Crippen molar-refractivity contribution in [1.82, 2.24) is 0 Å². The molecule has 0 aromatic heterocycles. The van der Waals surface area contributed by atoms with Crippen LogP contribution in [-0.4, -0.2) is 11.7 Å². The molecular weight excluding hydrogens is 321 g/mol. The maximum absolute atomic E-state index is 12.9. The maximum atomic E-state index is 12.9. The van der Waals surface area contributed by atoms with Gasteiger partial charge in [-0.15, -0.1) is 11.8 Å². The molecule has 24 heavy (non-hydrogen) atoms. The Morgan fingerprint density at radius 1 is 1.00 bits per heavy atom. The molecule has 0 unspecified atom stereocenters. The van der Waals surface area contributed by atoms with E-state index in [-0.39, 0.29) is 11.7 Å². The first-order chi connectivity index (χ1) is 11.7. The van der Waals surface area contributed by atoms with Crippen molar-refractivity contribution in [2.75, 3.05) is 11.1 Å². The number of halogens is 1. The molecule has 0 bridgehead atoms. The number of rotatable bonds is 4. The Bertz CT molecular complexity index is 911. The summed E-state index contributed by atoms with van der Waals surface area (Å²) in [6, 6.07) is 16.6. The molecule has 0 radical (unpaired) electrons. The van der Waals surface area contributed by atoms with Crippen molar-refractivity contribution in [3.8, 4) is 0 Å². The lowest BCUT2D eigenvalue weighted by molar-refractivity contribution is -0.113. The van der Waals surface area contributed by atoms with E-state index in [2.05, 4.69) is 29.6 Å². The van der Waals surface area contributed by atoms with E-state index in [0.29, 0.717) is 5.75 Å². The highest BCUT2D eigenvalue weighted by Gasteiger charge is 2.16. The van der Waals surface area contributed by atoms with E-state index in [4.69, 9.17) is 0 Å². The van der Waals surface area contributed by atoms with Crippen LogP contribution in [0.25, 0.3) is 10.8 Å². The monoisotopic (exact) mass is 337 g/mol. The summed E-state index contributed by atoms with van der Waals surface area (Å²) in [5.74, 6) is -0.0195. The molecule has 3 aromatic carbocycles. The largest absolute Gasteiger partial charge is 0.325 e. The third-order valence-electron chi connectivity index (χ3n) is 4.33. The molecule has 1 aliphatic rings. The Balaban J connectivity index is 1.50. The summed E-state index contributed by atoms with van der Waals surface area (Å²) in [7, 11) is 0. The van der Waals surface area contributed by atoms with Gasteiger partial charge in [-0.1, -0.05) is 24.3 Å². The van der Waals surface area contributed by atoms with Gasteiger partial charge in [0.15, 0.2) is 0 Å². The van der Waals surface area contributed by atoms with Crippen molar-refractivity contribution < 1.29 is 9.18 Å². The summed E-state index contributed by atoms with van der Waals surface area (Å²) in [6.45, 7) is 0. The Kier molecular flexibility index (Phi) is 3.98. The molecule has 0 saturated carbocycles. The fourth-order valence-corrected chi connectivity index (χ4v) is 3.92.